The van der Waals surface area contributed by atoms with Gasteiger partial charge in [-0.2, -0.15) is 0 Å². The van der Waals surface area contributed by atoms with E-state index in [9.17, 15) is 14.7 Å². The quantitative estimate of drug-likeness (QED) is 0.867. The summed E-state index contributed by atoms with van der Waals surface area (Å²) in [6, 6.07) is 7.54. The van der Waals surface area contributed by atoms with Crippen LogP contribution in [0.1, 0.15) is 44.1 Å². The molecule has 6 nitrogen and oxygen atoms in total. The van der Waals surface area contributed by atoms with Crippen LogP contribution in [0.2, 0.25) is 0 Å². The van der Waals surface area contributed by atoms with Gasteiger partial charge in [0.15, 0.2) is 0 Å². The molecular weight excluding hydrogens is 330 g/mol. The zero-order chi connectivity index (χ0) is 18.3. The predicted molar refractivity (Wildman–Crippen MR) is 99.1 cm³/mol. The summed E-state index contributed by atoms with van der Waals surface area (Å²) in [5, 5.41) is 12.8. The van der Waals surface area contributed by atoms with Crippen molar-refractivity contribution in [2.45, 2.75) is 50.6 Å². The Balaban J connectivity index is 1.64. The number of carbonyl (C=O) groups excluding carboxylic acids is 2. The first kappa shape index (κ1) is 17.3. The van der Waals surface area contributed by atoms with Gasteiger partial charge in [0.25, 0.3) is 0 Å². The number of anilines is 1. The molecule has 26 heavy (non-hydrogen) atoms. The molecule has 0 radical (unpaired) electrons. The van der Waals surface area contributed by atoms with E-state index in [4.69, 9.17) is 0 Å². The second-order valence-electron chi connectivity index (χ2n) is 7.62. The Kier molecular flexibility index (Phi) is 4.61. The summed E-state index contributed by atoms with van der Waals surface area (Å²) in [4.78, 5) is 29.2. The number of nitrogens with zero attached hydrogens (tertiary/aromatic N) is 2. The van der Waals surface area contributed by atoms with E-state index in [2.05, 4.69) is 5.32 Å². The van der Waals surface area contributed by atoms with Crippen LogP contribution in [0.3, 0.4) is 0 Å². The molecule has 4 rings (SSSR count). The Labute approximate surface area is 154 Å². The highest BCUT2D eigenvalue weighted by Gasteiger charge is 2.55. The number of urea groups is 1. The minimum atomic E-state index is -0.223. The first-order chi connectivity index (χ1) is 12.7. The van der Waals surface area contributed by atoms with E-state index in [0.717, 1.165) is 36.9 Å². The Hall–Kier alpha value is -2.08. The fraction of sp³-hybridized carbons (Fsp3) is 0.600. The highest BCUT2D eigenvalue weighted by atomic mass is 16.3. The van der Waals surface area contributed by atoms with Crippen molar-refractivity contribution in [1.29, 1.82) is 0 Å². The average molecular weight is 357 g/mol. The molecule has 6 heteroatoms. The first-order valence-electron chi connectivity index (χ1n) is 9.74. The van der Waals surface area contributed by atoms with Crippen molar-refractivity contribution < 1.29 is 14.7 Å². The Morgan fingerprint density at radius 3 is 2.69 bits per heavy atom. The predicted octanol–water partition coefficient (Wildman–Crippen LogP) is 2.08. The van der Waals surface area contributed by atoms with Crippen LogP contribution in [-0.4, -0.2) is 53.7 Å². The van der Waals surface area contributed by atoms with E-state index in [0.29, 0.717) is 13.1 Å². The van der Waals surface area contributed by atoms with Crippen LogP contribution in [-0.2, 0) is 4.79 Å². The Morgan fingerprint density at radius 1 is 1.27 bits per heavy atom. The monoisotopic (exact) mass is 357 g/mol. The summed E-state index contributed by atoms with van der Waals surface area (Å²) in [7, 11) is 0. The van der Waals surface area contributed by atoms with Gasteiger partial charge >= 0.3 is 6.03 Å². The summed E-state index contributed by atoms with van der Waals surface area (Å²) >= 11 is 0. The molecule has 1 aromatic carbocycles. The second-order valence-corrected chi connectivity index (χ2v) is 7.62. The number of hydrogen-bond acceptors (Lipinski definition) is 3. The maximum atomic E-state index is 13.0. The van der Waals surface area contributed by atoms with E-state index < -0.39 is 0 Å². The summed E-state index contributed by atoms with van der Waals surface area (Å²) in [6.45, 7) is 3.09. The molecule has 3 aliphatic rings. The van der Waals surface area contributed by atoms with Crippen molar-refractivity contribution >= 4 is 17.6 Å². The number of aliphatic hydroxyl groups excluding tert-OH is 1. The van der Waals surface area contributed by atoms with Gasteiger partial charge < -0.3 is 20.2 Å². The lowest BCUT2D eigenvalue weighted by Gasteiger charge is -2.59. The number of amides is 3. The van der Waals surface area contributed by atoms with Crippen molar-refractivity contribution in [2.75, 3.05) is 24.6 Å². The summed E-state index contributed by atoms with van der Waals surface area (Å²) in [5.74, 6) is 0.397. The van der Waals surface area contributed by atoms with Gasteiger partial charge in [-0.15, -0.1) is 0 Å². The summed E-state index contributed by atoms with van der Waals surface area (Å²) < 4.78 is 0. The number of fused-ring (bicyclic) bond motifs is 3. The summed E-state index contributed by atoms with van der Waals surface area (Å²) in [5.41, 5.74) is 2.03. The van der Waals surface area contributed by atoms with E-state index in [1.165, 1.54) is 0 Å². The topological polar surface area (TPSA) is 72.9 Å². The molecule has 2 aliphatic heterocycles. The van der Waals surface area contributed by atoms with E-state index >= 15 is 0 Å². The van der Waals surface area contributed by atoms with Gasteiger partial charge in [0, 0.05) is 30.6 Å². The van der Waals surface area contributed by atoms with Crippen molar-refractivity contribution in [1.82, 2.24) is 10.2 Å². The minimum absolute atomic E-state index is 0.0639. The van der Waals surface area contributed by atoms with Gasteiger partial charge in [0.1, 0.15) is 0 Å². The molecule has 2 N–H and O–H groups in total. The number of nitrogens with one attached hydrogen (secondary N) is 1. The van der Waals surface area contributed by atoms with Gasteiger partial charge in [-0.3, -0.25) is 4.79 Å². The minimum Gasteiger partial charge on any atom is -0.394 e. The van der Waals surface area contributed by atoms with Crippen LogP contribution < -0.4 is 10.2 Å². The molecule has 140 valence electrons. The van der Waals surface area contributed by atoms with Gasteiger partial charge in [-0.1, -0.05) is 31.5 Å². The average Bonchev–Trinajstić information content (AvgIpc) is 2.58. The fourth-order valence-electron chi connectivity index (χ4n) is 4.57. The number of hydrogen-bond donors (Lipinski definition) is 2. The first-order valence-corrected chi connectivity index (χ1v) is 9.74. The molecule has 3 atom stereocenters. The molecule has 1 aromatic rings. The number of carbonyl (C=O) groups is 2. The normalized spacial score (nSPS) is 27.1. The number of rotatable bonds is 4. The van der Waals surface area contributed by atoms with Crippen molar-refractivity contribution in [3.63, 3.8) is 0 Å². The second kappa shape index (κ2) is 6.91. The highest BCUT2D eigenvalue weighted by molar-refractivity contribution is 5.97. The smallest absolute Gasteiger partial charge is 0.318 e. The zero-order valence-corrected chi connectivity index (χ0v) is 15.2. The third-order valence-electron chi connectivity index (χ3n) is 6.17. The molecule has 3 amide bonds. The van der Waals surface area contributed by atoms with Crippen molar-refractivity contribution in [3.05, 3.63) is 29.8 Å². The summed E-state index contributed by atoms with van der Waals surface area (Å²) in [6.07, 6.45) is 3.92. The molecule has 0 spiro atoms. The third kappa shape index (κ3) is 2.58. The van der Waals surface area contributed by atoms with E-state index in [1.807, 2.05) is 36.1 Å². The standard InChI is InChI=1S/C20H27N3O3/c1-2-10-21-20(26)23-16-11-22(19(25)13-6-5-7-13)15-9-4-3-8-14(15)18(16)17(23)12-24/h3-4,8-9,13,16-18,24H,2,5-7,10-12H2,1H3,(H,21,26)/t16-,17+,18+/m1/s1. The van der Waals surface area contributed by atoms with Gasteiger partial charge in [0.05, 0.1) is 18.7 Å². The molecule has 2 heterocycles. The van der Waals surface area contributed by atoms with Crippen LogP contribution in [0, 0.1) is 5.92 Å². The van der Waals surface area contributed by atoms with Crippen LogP contribution in [0.5, 0.6) is 0 Å². The van der Waals surface area contributed by atoms with Crippen LogP contribution in [0.25, 0.3) is 0 Å². The van der Waals surface area contributed by atoms with Crippen LogP contribution in [0.4, 0.5) is 10.5 Å². The van der Waals surface area contributed by atoms with Gasteiger partial charge in [-0.05, 0) is 30.9 Å². The van der Waals surface area contributed by atoms with E-state index in [1.54, 1.807) is 4.90 Å². The third-order valence-corrected chi connectivity index (χ3v) is 6.17. The molecule has 0 aromatic heterocycles. The molecule has 1 saturated carbocycles. The number of benzene rings is 1. The van der Waals surface area contributed by atoms with Gasteiger partial charge in [-0.25, -0.2) is 4.79 Å². The molecule has 0 unspecified atom stereocenters. The largest absolute Gasteiger partial charge is 0.394 e. The lowest BCUT2D eigenvalue weighted by atomic mass is 9.71. The number of para-hydroxylation sites is 1. The van der Waals surface area contributed by atoms with Crippen LogP contribution in [0.15, 0.2) is 24.3 Å². The Bertz CT molecular complexity index is 703. The Morgan fingerprint density at radius 2 is 2.04 bits per heavy atom. The van der Waals surface area contributed by atoms with Crippen molar-refractivity contribution in [2.24, 2.45) is 5.92 Å². The zero-order valence-electron chi connectivity index (χ0n) is 15.2. The molecule has 2 fully saturated rings. The lowest BCUT2D eigenvalue weighted by Crippen LogP contribution is -2.72. The van der Waals surface area contributed by atoms with E-state index in [-0.39, 0.29) is 42.5 Å². The molecule has 1 aliphatic carbocycles. The molecule has 1 saturated heterocycles. The number of aliphatic hydroxyl groups is 1. The SMILES string of the molecule is CCCNC(=O)N1[C@@H]2CN(C(=O)C3CCC3)c3ccccc3[C@@H]2[C@@H]1CO. The van der Waals surface area contributed by atoms with Crippen molar-refractivity contribution in [3.8, 4) is 0 Å². The number of likely N-dealkylation sites (tertiary alicyclic amines) is 1. The van der Waals surface area contributed by atoms with Crippen LogP contribution >= 0.6 is 0 Å². The fourth-order valence-corrected chi connectivity index (χ4v) is 4.57. The highest BCUT2D eigenvalue weighted by Crippen LogP contribution is 2.48. The maximum absolute atomic E-state index is 13.0. The van der Waals surface area contributed by atoms with Gasteiger partial charge in [0.2, 0.25) is 5.91 Å². The maximum Gasteiger partial charge on any atom is 0.318 e. The molecular formula is C20H27N3O3. The lowest BCUT2D eigenvalue weighted by molar-refractivity contribution is -0.125. The molecule has 0 bridgehead atoms.